The third-order valence-electron chi connectivity index (χ3n) is 7.90. The number of rotatable bonds is 1. The molecule has 0 aliphatic carbocycles. The zero-order valence-electron chi connectivity index (χ0n) is 19.7. The van der Waals surface area contributed by atoms with Crippen molar-refractivity contribution < 1.29 is 9.47 Å². The zero-order chi connectivity index (χ0) is 23.9. The lowest BCUT2D eigenvalue weighted by molar-refractivity contribution is 0.126. The standard InChI is InChI=1S/C33H23NO2/c1-21-25-10-5-6-12-27(25)33(36-21)28-17-15-24(34-19-18-23-9-3-7-13-30(23)34)20-31(28)35-32-26-11-4-2-8-22(26)14-16-29(32)33/h2-17,20H,1,18-19H2. The molecule has 1 unspecified atom stereocenters. The lowest BCUT2D eigenvalue weighted by atomic mass is 9.77. The van der Waals surface area contributed by atoms with Crippen LogP contribution in [0, 0.1) is 0 Å². The zero-order valence-corrected chi connectivity index (χ0v) is 19.7. The fourth-order valence-electron chi connectivity index (χ4n) is 6.27. The highest BCUT2D eigenvalue weighted by Gasteiger charge is 2.52. The molecule has 0 fully saturated rings. The van der Waals surface area contributed by atoms with E-state index < -0.39 is 5.60 Å². The van der Waals surface area contributed by atoms with Crippen LogP contribution in [0.3, 0.4) is 0 Å². The van der Waals surface area contributed by atoms with Gasteiger partial charge < -0.3 is 14.4 Å². The topological polar surface area (TPSA) is 21.7 Å². The number of para-hydroxylation sites is 1. The van der Waals surface area contributed by atoms with E-state index in [-0.39, 0.29) is 0 Å². The number of ether oxygens (including phenoxy) is 2. The minimum Gasteiger partial charge on any atom is -0.473 e. The van der Waals surface area contributed by atoms with E-state index in [1.165, 1.54) is 11.3 Å². The average Bonchev–Trinajstić information content (AvgIpc) is 3.48. The number of hydrogen-bond donors (Lipinski definition) is 0. The molecule has 3 heteroatoms. The second-order valence-corrected chi connectivity index (χ2v) is 9.73. The van der Waals surface area contributed by atoms with Gasteiger partial charge in [-0.25, -0.2) is 0 Å². The summed E-state index contributed by atoms with van der Waals surface area (Å²) >= 11 is 0. The number of benzene rings is 5. The van der Waals surface area contributed by atoms with E-state index in [2.05, 4.69) is 109 Å². The van der Waals surface area contributed by atoms with Crippen LogP contribution in [-0.4, -0.2) is 6.54 Å². The number of fused-ring (bicyclic) bond motifs is 9. The summed E-state index contributed by atoms with van der Waals surface area (Å²) < 4.78 is 13.6. The van der Waals surface area contributed by atoms with Crippen molar-refractivity contribution in [2.75, 3.05) is 11.4 Å². The molecule has 1 spiro atoms. The number of hydrogen-bond acceptors (Lipinski definition) is 3. The molecule has 3 heterocycles. The Morgan fingerprint density at radius 1 is 0.750 bits per heavy atom. The van der Waals surface area contributed by atoms with Gasteiger partial charge in [0, 0.05) is 51.6 Å². The van der Waals surface area contributed by atoms with Gasteiger partial charge in [0.1, 0.15) is 17.3 Å². The highest BCUT2D eigenvalue weighted by atomic mass is 16.5. The van der Waals surface area contributed by atoms with Crippen LogP contribution < -0.4 is 9.64 Å². The van der Waals surface area contributed by atoms with Crippen LogP contribution in [0.5, 0.6) is 11.5 Å². The predicted molar refractivity (Wildman–Crippen MR) is 144 cm³/mol. The fraction of sp³-hybridized carbons (Fsp3) is 0.0909. The summed E-state index contributed by atoms with van der Waals surface area (Å²) in [5.74, 6) is 2.37. The summed E-state index contributed by atoms with van der Waals surface area (Å²) in [4.78, 5) is 2.38. The van der Waals surface area contributed by atoms with Crippen molar-refractivity contribution in [2.24, 2.45) is 0 Å². The maximum Gasteiger partial charge on any atom is 0.192 e. The van der Waals surface area contributed by atoms with Gasteiger partial charge in [0.2, 0.25) is 0 Å². The molecule has 0 bridgehead atoms. The molecule has 0 saturated carbocycles. The normalized spacial score (nSPS) is 18.9. The maximum absolute atomic E-state index is 6.80. The molecule has 0 aromatic heterocycles. The second-order valence-electron chi connectivity index (χ2n) is 9.73. The molecule has 5 aromatic carbocycles. The summed E-state index contributed by atoms with van der Waals surface area (Å²) in [7, 11) is 0. The van der Waals surface area contributed by atoms with E-state index >= 15 is 0 Å². The molecule has 36 heavy (non-hydrogen) atoms. The van der Waals surface area contributed by atoms with Crippen molar-refractivity contribution in [1.29, 1.82) is 0 Å². The smallest absolute Gasteiger partial charge is 0.192 e. The molecule has 3 aliphatic rings. The Balaban J connectivity index is 1.40. The molecule has 172 valence electrons. The summed E-state index contributed by atoms with van der Waals surface area (Å²) in [6.07, 6.45) is 1.04. The maximum atomic E-state index is 6.80. The highest BCUT2D eigenvalue weighted by molar-refractivity contribution is 5.92. The van der Waals surface area contributed by atoms with Gasteiger partial charge in [0.05, 0.1) is 0 Å². The van der Waals surface area contributed by atoms with Gasteiger partial charge >= 0.3 is 0 Å². The first-order chi connectivity index (χ1) is 17.7. The second kappa shape index (κ2) is 7.02. The molecular formula is C33H23NO2. The van der Waals surface area contributed by atoms with E-state index in [1.54, 1.807) is 0 Å². The minimum absolute atomic E-state index is 0.690. The van der Waals surface area contributed by atoms with Crippen molar-refractivity contribution in [1.82, 2.24) is 0 Å². The third-order valence-corrected chi connectivity index (χ3v) is 7.90. The summed E-state index contributed by atoms with van der Waals surface area (Å²) in [5, 5.41) is 2.22. The number of anilines is 2. The van der Waals surface area contributed by atoms with E-state index in [9.17, 15) is 0 Å². The van der Waals surface area contributed by atoms with E-state index in [0.29, 0.717) is 5.76 Å². The van der Waals surface area contributed by atoms with Crippen LogP contribution in [0.1, 0.15) is 27.8 Å². The number of nitrogens with zero attached hydrogens (tertiary/aromatic N) is 1. The monoisotopic (exact) mass is 465 g/mol. The minimum atomic E-state index is -0.804. The van der Waals surface area contributed by atoms with Crippen LogP contribution in [0.4, 0.5) is 11.4 Å². The van der Waals surface area contributed by atoms with E-state index in [1.807, 2.05) is 6.07 Å². The summed E-state index contributed by atoms with van der Waals surface area (Å²) in [6, 6.07) is 36.3. The molecule has 8 rings (SSSR count). The molecule has 3 nitrogen and oxygen atoms in total. The molecule has 0 radical (unpaired) electrons. The van der Waals surface area contributed by atoms with Crippen LogP contribution in [0.2, 0.25) is 0 Å². The molecule has 3 aliphatic heterocycles. The Morgan fingerprint density at radius 2 is 1.56 bits per heavy atom. The van der Waals surface area contributed by atoms with Gasteiger partial charge in [-0.15, -0.1) is 0 Å². The molecule has 1 atom stereocenters. The highest BCUT2D eigenvalue weighted by Crippen LogP contribution is 2.60. The Bertz CT molecular complexity index is 1740. The van der Waals surface area contributed by atoms with Gasteiger partial charge in [0.25, 0.3) is 0 Å². The third kappa shape index (κ3) is 2.47. The lowest BCUT2D eigenvalue weighted by Gasteiger charge is -2.38. The Hall–Kier alpha value is -4.50. The van der Waals surface area contributed by atoms with Crippen molar-refractivity contribution >= 4 is 27.9 Å². The predicted octanol–water partition coefficient (Wildman–Crippen LogP) is 7.93. The fourth-order valence-corrected chi connectivity index (χ4v) is 6.27. The molecule has 5 aromatic rings. The first-order valence-corrected chi connectivity index (χ1v) is 12.4. The van der Waals surface area contributed by atoms with Crippen molar-refractivity contribution in [3.63, 3.8) is 0 Å². The molecule has 0 N–H and O–H groups in total. The van der Waals surface area contributed by atoms with Crippen molar-refractivity contribution in [3.8, 4) is 11.5 Å². The first-order valence-electron chi connectivity index (χ1n) is 12.4. The van der Waals surface area contributed by atoms with Gasteiger partial charge in [0.15, 0.2) is 5.60 Å². The van der Waals surface area contributed by atoms with Crippen LogP contribution in [0.15, 0.2) is 110 Å². The van der Waals surface area contributed by atoms with Gasteiger partial charge in [-0.05, 0) is 41.6 Å². The van der Waals surface area contributed by atoms with Gasteiger partial charge in [-0.3, -0.25) is 0 Å². The Labute approximate surface area is 209 Å². The molecule has 0 saturated heterocycles. The molecule has 0 amide bonds. The quantitative estimate of drug-likeness (QED) is 0.251. The van der Waals surface area contributed by atoms with Gasteiger partial charge in [-0.1, -0.05) is 79.4 Å². The summed E-state index contributed by atoms with van der Waals surface area (Å²) in [5.41, 5.74) is 7.15. The Morgan fingerprint density at radius 3 is 2.53 bits per heavy atom. The largest absolute Gasteiger partial charge is 0.473 e. The van der Waals surface area contributed by atoms with E-state index in [4.69, 9.17) is 9.47 Å². The SMILES string of the molecule is C=C1OC2(c3ccc(N4CCc5ccccc54)cc3Oc3c2ccc2ccccc32)c2ccccc21. The van der Waals surface area contributed by atoms with Crippen molar-refractivity contribution in [2.45, 2.75) is 12.0 Å². The van der Waals surface area contributed by atoms with Crippen LogP contribution in [-0.2, 0) is 16.8 Å². The molecular weight excluding hydrogens is 442 g/mol. The van der Waals surface area contributed by atoms with Crippen LogP contribution >= 0.6 is 0 Å². The van der Waals surface area contributed by atoms with Gasteiger partial charge in [-0.2, -0.15) is 0 Å². The van der Waals surface area contributed by atoms with Crippen molar-refractivity contribution in [3.05, 3.63) is 138 Å². The average molecular weight is 466 g/mol. The van der Waals surface area contributed by atoms with E-state index in [0.717, 1.165) is 63.2 Å². The van der Waals surface area contributed by atoms with Crippen LogP contribution in [0.25, 0.3) is 16.5 Å². The lowest BCUT2D eigenvalue weighted by Crippen LogP contribution is -2.32. The first kappa shape index (κ1) is 19.8. The summed E-state index contributed by atoms with van der Waals surface area (Å²) in [6.45, 7) is 5.24. The Kier molecular flexibility index (Phi) is 3.85.